The summed E-state index contributed by atoms with van der Waals surface area (Å²) < 4.78 is 0. The Morgan fingerprint density at radius 1 is 1.33 bits per heavy atom. The zero-order valence-corrected chi connectivity index (χ0v) is 11.3. The molecule has 0 amide bonds. The fourth-order valence-corrected chi connectivity index (χ4v) is 2.64. The zero-order chi connectivity index (χ0) is 13.0. The van der Waals surface area contributed by atoms with Gasteiger partial charge in [-0.15, -0.1) is 0 Å². The Morgan fingerprint density at radius 2 is 2.06 bits per heavy atom. The molecule has 1 atom stereocenters. The van der Waals surface area contributed by atoms with Crippen molar-refractivity contribution in [2.24, 2.45) is 0 Å². The zero-order valence-electron chi connectivity index (χ0n) is 10.5. The molecule has 0 bridgehead atoms. The predicted molar refractivity (Wildman–Crippen MR) is 75.7 cm³/mol. The Morgan fingerprint density at radius 3 is 2.72 bits per heavy atom. The second kappa shape index (κ2) is 6.41. The first-order valence-electron chi connectivity index (χ1n) is 6.63. The summed E-state index contributed by atoms with van der Waals surface area (Å²) in [5.74, 6) is 0. The molecule has 1 aliphatic carbocycles. The van der Waals surface area contributed by atoms with Crippen LogP contribution in [-0.4, -0.2) is 17.7 Å². The normalized spacial score (nSPS) is 18.8. The van der Waals surface area contributed by atoms with E-state index < -0.39 is 6.10 Å². The number of aliphatic hydroxyl groups excluding tert-OH is 1. The highest BCUT2D eigenvalue weighted by Gasteiger charge is 2.15. The first kappa shape index (κ1) is 13.7. The molecule has 1 aromatic carbocycles. The first-order chi connectivity index (χ1) is 8.66. The maximum absolute atomic E-state index is 10.1. The summed E-state index contributed by atoms with van der Waals surface area (Å²) >= 11 is 5.95. The highest BCUT2D eigenvalue weighted by Crippen LogP contribution is 2.24. The van der Waals surface area contributed by atoms with Gasteiger partial charge < -0.3 is 16.2 Å². The van der Waals surface area contributed by atoms with Crippen molar-refractivity contribution < 1.29 is 5.11 Å². The van der Waals surface area contributed by atoms with Crippen molar-refractivity contribution in [3.8, 4) is 0 Å². The maximum atomic E-state index is 10.1. The number of anilines is 1. The maximum Gasteiger partial charge on any atom is 0.0915 e. The molecular formula is C14H21ClN2O. The van der Waals surface area contributed by atoms with Gasteiger partial charge in [-0.3, -0.25) is 0 Å². The first-order valence-corrected chi connectivity index (χ1v) is 7.01. The lowest BCUT2D eigenvalue weighted by atomic mass is 9.95. The fourth-order valence-electron chi connectivity index (χ4n) is 2.45. The van der Waals surface area contributed by atoms with Crippen LogP contribution in [-0.2, 0) is 0 Å². The SMILES string of the molecule is Nc1ccc(C(O)CNC2CCCCC2)cc1Cl. The largest absolute Gasteiger partial charge is 0.398 e. The Bertz CT molecular complexity index is 391. The van der Waals surface area contributed by atoms with E-state index in [4.69, 9.17) is 17.3 Å². The third kappa shape index (κ3) is 3.61. The number of nitrogens with two attached hydrogens (primary N) is 1. The van der Waals surface area contributed by atoms with Crippen molar-refractivity contribution in [1.29, 1.82) is 0 Å². The quantitative estimate of drug-likeness (QED) is 0.736. The van der Waals surface area contributed by atoms with Crippen molar-refractivity contribution in [3.63, 3.8) is 0 Å². The minimum atomic E-state index is -0.523. The van der Waals surface area contributed by atoms with Gasteiger partial charge in [-0.1, -0.05) is 36.9 Å². The van der Waals surface area contributed by atoms with Gasteiger partial charge in [0, 0.05) is 12.6 Å². The number of rotatable bonds is 4. The van der Waals surface area contributed by atoms with Gasteiger partial charge in [0.15, 0.2) is 0 Å². The molecule has 0 aliphatic heterocycles. The van der Waals surface area contributed by atoms with E-state index in [2.05, 4.69) is 5.32 Å². The number of nitrogen functional groups attached to an aromatic ring is 1. The average Bonchev–Trinajstić information content (AvgIpc) is 2.40. The number of halogens is 1. The lowest BCUT2D eigenvalue weighted by Crippen LogP contribution is -2.34. The Balaban J connectivity index is 1.86. The number of benzene rings is 1. The molecular weight excluding hydrogens is 248 g/mol. The van der Waals surface area contributed by atoms with Crippen molar-refractivity contribution in [2.75, 3.05) is 12.3 Å². The van der Waals surface area contributed by atoms with Gasteiger partial charge in [-0.2, -0.15) is 0 Å². The molecule has 1 fully saturated rings. The van der Waals surface area contributed by atoms with Crippen LogP contribution in [0.3, 0.4) is 0 Å². The van der Waals surface area contributed by atoms with Gasteiger partial charge >= 0.3 is 0 Å². The standard InChI is InChI=1S/C14H21ClN2O/c15-12-8-10(6-7-13(12)16)14(18)9-17-11-4-2-1-3-5-11/h6-8,11,14,17-18H,1-5,9,16H2. The highest BCUT2D eigenvalue weighted by atomic mass is 35.5. The highest BCUT2D eigenvalue weighted by molar-refractivity contribution is 6.33. The topological polar surface area (TPSA) is 58.3 Å². The molecule has 0 heterocycles. The molecule has 4 heteroatoms. The Hall–Kier alpha value is -0.770. The van der Waals surface area contributed by atoms with E-state index in [0.29, 0.717) is 23.3 Å². The van der Waals surface area contributed by atoms with Crippen LogP contribution < -0.4 is 11.1 Å². The third-order valence-corrected chi connectivity index (χ3v) is 3.94. The van der Waals surface area contributed by atoms with Gasteiger partial charge in [0.25, 0.3) is 0 Å². The molecule has 18 heavy (non-hydrogen) atoms. The van der Waals surface area contributed by atoms with Gasteiger partial charge in [0.05, 0.1) is 16.8 Å². The number of nitrogens with one attached hydrogen (secondary N) is 1. The van der Waals surface area contributed by atoms with Crippen LogP contribution >= 0.6 is 11.6 Å². The van der Waals surface area contributed by atoms with Crippen LogP contribution in [0.25, 0.3) is 0 Å². The molecule has 2 rings (SSSR count). The van der Waals surface area contributed by atoms with Crippen LogP contribution in [0.2, 0.25) is 5.02 Å². The molecule has 0 spiro atoms. The summed E-state index contributed by atoms with van der Waals surface area (Å²) in [6.07, 6.45) is 5.84. The van der Waals surface area contributed by atoms with Crippen molar-refractivity contribution in [2.45, 2.75) is 44.2 Å². The predicted octanol–water partition coefficient (Wildman–Crippen LogP) is 2.88. The molecule has 1 unspecified atom stereocenters. The summed E-state index contributed by atoms with van der Waals surface area (Å²) in [5.41, 5.74) is 7.02. The van der Waals surface area contributed by atoms with Gasteiger partial charge in [0.2, 0.25) is 0 Å². The molecule has 1 aliphatic rings. The van der Waals surface area contributed by atoms with E-state index in [0.717, 1.165) is 5.56 Å². The van der Waals surface area contributed by atoms with E-state index >= 15 is 0 Å². The molecule has 4 N–H and O–H groups in total. The molecule has 0 radical (unpaired) electrons. The third-order valence-electron chi connectivity index (χ3n) is 3.61. The van der Waals surface area contributed by atoms with Crippen LogP contribution in [0, 0.1) is 0 Å². The minimum absolute atomic E-state index is 0.504. The lowest BCUT2D eigenvalue weighted by Gasteiger charge is -2.24. The van der Waals surface area contributed by atoms with Crippen LogP contribution in [0.1, 0.15) is 43.8 Å². The average molecular weight is 269 g/mol. The van der Waals surface area contributed by atoms with Crippen LogP contribution in [0.5, 0.6) is 0 Å². The fraction of sp³-hybridized carbons (Fsp3) is 0.571. The van der Waals surface area contributed by atoms with E-state index in [1.807, 2.05) is 6.07 Å². The molecule has 1 aromatic rings. The summed E-state index contributed by atoms with van der Waals surface area (Å²) in [6, 6.07) is 5.86. The number of aliphatic hydroxyl groups is 1. The summed E-state index contributed by atoms with van der Waals surface area (Å²) in [4.78, 5) is 0. The minimum Gasteiger partial charge on any atom is -0.398 e. The Kier molecular flexibility index (Phi) is 4.87. The molecule has 1 saturated carbocycles. The van der Waals surface area contributed by atoms with Crippen molar-refractivity contribution >= 4 is 17.3 Å². The van der Waals surface area contributed by atoms with Crippen LogP contribution in [0.4, 0.5) is 5.69 Å². The number of hydrogen-bond acceptors (Lipinski definition) is 3. The van der Waals surface area contributed by atoms with E-state index in [9.17, 15) is 5.11 Å². The molecule has 0 aromatic heterocycles. The summed E-state index contributed by atoms with van der Waals surface area (Å²) in [7, 11) is 0. The van der Waals surface area contributed by atoms with E-state index in [1.54, 1.807) is 12.1 Å². The van der Waals surface area contributed by atoms with Crippen molar-refractivity contribution in [3.05, 3.63) is 28.8 Å². The molecule has 100 valence electrons. The summed E-state index contributed by atoms with van der Waals surface area (Å²) in [5, 5.41) is 14.0. The second-order valence-electron chi connectivity index (χ2n) is 5.04. The summed E-state index contributed by atoms with van der Waals surface area (Å²) in [6.45, 7) is 0.574. The lowest BCUT2D eigenvalue weighted by molar-refractivity contribution is 0.165. The molecule has 3 nitrogen and oxygen atoms in total. The van der Waals surface area contributed by atoms with Gasteiger partial charge in [-0.25, -0.2) is 0 Å². The molecule has 0 saturated heterocycles. The Labute approximate surface area is 113 Å². The van der Waals surface area contributed by atoms with Gasteiger partial charge in [-0.05, 0) is 30.5 Å². The number of hydrogen-bond donors (Lipinski definition) is 3. The van der Waals surface area contributed by atoms with Crippen LogP contribution in [0.15, 0.2) is 18.2 Å². The van der Waals surface area contributed by atoms with Crippen molar-refractivity contribution in [1.82, 2.24) is 5.32 Å². The monoisotopic (exact) mass is 268 g/mol. The van der Waals surface area contributed by atoms with Gasteiger partial charge in [0.1, 0.15) is 0 Å². The van der Waals surface area contributed by atoms with E-state index in [-0.39, 0.29) is 0 Å². The second-order valence-corrected chi connectivity index (χ2v) is 5.45. The smallest absolute Gasteiger partial charge is 0.0915 e. The van der Waals surface area contributed by atoms with E-state index in [1.165, 1.54) is 32.1 Å².